The lowest BCUT2D eigenvalue weighted by atomic mass is 10.2. The fourth-order valence-corrected chi connectivity index (χ4v) is 1.99. The molecule has 0 spiro atoms. The first-order chi connectivity index (χ1) is 11.1. The second kappa shape index (κ2) is 8.00. The van der Waals surface area contributed by atoms with Crippen molar-refractivity contribution in [1.29, 1.82) is 0 Å². The molecular formula is C17H15ClN2O3. The normalized spacial score (nSPS) is 10.3. The predicted octanol–water partition coefficient (Wildman–Crippen LogP) is 2.82. The van der Waals surface area contributed by atoms with Crippen molar-refractivity contribution < 1.29 is 14.3 Å². The molecule has 2 N–H and O–H groups in total. The van der Waals surface area contributed by atoms with E-state index in [-0.39, 0.29) is 5.56 Å². The van der Waals surface area contributed by atoms with E-state index in [1.54, 1.807) is 18.2 Å². The van der Waals surface area contributed by atoms with Crippen LogP contribution in [0.3, 0.4) is 0 Å². The Bertz CT molecular complexity index is 730. The second-order valence-corrected chi connectivity index (χ2v) is 4.97. The van der Waals surface area contributed by atoms with Crippen LogP contribution >= 0.6 is 11.6 Å². The standard InChI is InChI=1S/C17H15ClN2O3/c1-23-15-9-8-13(18)11-14(15)17(22)20-19-16(21)10-7-12-5-3-2-4-6-12/h2-11H,1H3,(H,19,21)(H,20,22)/b10-7-. The summed E-state index contributed by atoms with van der Waals surface area (Å²) in [6.45, 7) is 0. The van der Waals surface area contributed by atoms with E-state index in [2.05, 4.69) is 10.9 Å². The van der Waals surface area contributed by atoms with E-state index in [1.165, 1.54) is 19.3 Å². The van der Waals surface area contributed by atoms with E-state index >= 15 is 0 Å². The van der Waals surface area contributed by atoms with Crippen molar-refractivity contribution in [2.75, 3.05) is 7.11 Å². The summed E-state index contributed by atoms with van der Waals surface area (Å²) in [4.78, 5) is 23.8. The Morgan fingerprint density at radius 3 is 2.52 bits per heavy atom. The Balaban J connectivity index is 1.95. The van der Waals surface area contributed by atoms with Gasteiger partial charge in [0.05, 0.1) is 12.7 Å². The number of halogens is 1. The quantitative estimate of drug-likeness (QED) is 0.669. The van der Waals surface area contributed by atoms with Crippen LogP contribution in [0.4, 0.5) is 0 Å². The summed E-state index contributed by atoms with van der Waals surface area (Å²) < 4.78 is 5.09. The topological polar surface area (TPSA) is 67.4 Å². The van der Waals surface area contributed by atoms with Gasteiger partial charge in [0, 0.05) is 11.1 Å². The zero-order valence-corrected chi connectivity index (χ0v) is 13.1. The van der Waals surface area contributed by atoms with Crippen molar-refractivity contribution in [2.24, 2.45) is 0 Å². The minimum absolute atomic E-state index is 0.229. The van der Waals surface area contributed by atoms with E-state index in [9.17, 15) is 9.59 Å². The molecule has 0 saturated heterocycles. The van der Waals surface area contributed by atoms with Gasteiger partial charge in [0.25, 0.3) is 11.8 Å². The first-order valence-corrected chi connectivity index (χ1v) is 7.15. The summed E-state index contributed by atoms with van der Waals surface area (Å²) in [5.41, 5.74) is 5.72. The lowest BCUT2D eigenvalue weighted by Crippen LogP contribution is -2.40. The van der Waals surface area contributed by atoms with Crippen LogP contribution in [-0.4, -0.2) is 18.9 Å². The molecule has 0 bridgehead atoms. The third-order valence-corrected chi connectivity index (χ3v) is 3.17. The van der Waals surface area contributed by atoms with Crippen LogP contribution in [0.15, 0.2) is 54.6 Å². The van der Waals surface area contributed by atoms with Crippen LogP contribution in [0.5, 0.6) is 5.75 Å². The highest BCUT2D eigenvalue weighted by atomic mass is 35.5. The number of amides is 2. The molecule has 2 aromatic carbocycles. The van der Waals surface area contributed by atoms with Gasteiger partial charge < -0.3 is 4.74 Å². The van der Waals surface area contributed by atoms with Crippen LogP contribution in [-0.2, 0) is 4.79 Å². The van der Waals surface area contributed by atoms with Gasteiger partial charge in [-0.25, -0.2) is 0 Å². The molecular weight excluding hydrogens is 316 g/mol. The lowest BCUT2D eigenvalue weighted by Gasteiger charge is -2.09. The molecule has 0 aromatic heterocycles. The van der Waals surface area contributed by atoms with Crippen LogP contribution < -0.4 is 15.6 Å². The molecule has 0 heterocycles. The number of nitrogens with one attached hydrogen (secondary N) is 2. The molecule has 5 nitrogen and oxygen atoms in total. The van der Waals surface area contributed by atoms with Gasteiger partial charge in [-0.05, 0) is 29.8 Å². The van der Waals surface area contributed by atoms with Crippen LogP contribution in [0, 0.1) is 0 Å². The van der Waals surface area contributed by atoms with Gasteiger partial charge in [-0.3, -0.25) is 20.4 Å². The Kier molecular flexibility index (Phi) is 5.77. The first-order valence-electron chi connectivity index (χ1n) is 6.77. The maximum absolute atomic E-state index is 12.1. The van der Waals surface area contributed by atoms with Crippen molar-refractivity contribution in [1.82, 2.24) is 10.9 Å². The average molecular weight is 331 g/mol. The van der Waals surface area contributed by atoms with Crippen molar-refractivity contribution in [3.05, 3.63) is 70.8 Å². The van der Waals surface area contributed by atoms with Crippen molar-refractivity contribution >= 4 is 29.5 Å². The molecule has 0 aliphatic carbocycles. The summed E-state index contributed by atoms with van der Waals surface area (Å²) in [5, 5.41) is 0.395. The molecule has 0 aliphatic rings. The number of methoxy groups -OCH3 is 1. The van der Waals surface area contributed by atoms with Gasteiger partial charge in [-0.15, -0.1) is 0 Å². The van der Waals surface area contributed by atoms with E-state index in [0.29, 0.717) is 10.8 Å². The zero-order chi connectivity index (χ0) is 16.7. The Labute approximate surface area is 138 Å². The molecule has 0 saturated carbocycles. The number of benzene rings is 2. The average Bonchev–Trinajstić information content (AvgIpc) is 2.58. The highest BCUT2D eigenvalue weighted by Crippen LogP contribution is 2.22. The van der Waals surface area contributed by atoms with E-state index in [0.717, 1.165) is 5.56 Å². The summed E-state index contributed by atoms with van der Waals surface area (Å²) in [7, 11) is 1.45. The molecule has 2 rings (SSSR count). The molecule has 6 heteroatoms. The molecule has 0 unspecified atom stereocenters. The summed E-state index contributed by atoms with van der Waals surface area (Å²) in [6, 6.07) is 14.0. The Morgan fingerprint density at radius 2 is 1.83 bits per heavy atom. The highest BCUT2D eigenvalue weighted by molar-refractivity contribution is 6.31. The third-order valence-electron chi connectivity index (χ3n) is 2.93. The molecule has 0 radical (unpaired) electrons. The summed E-state index contributed by atoms with van der Waals surface area (Å²) in [6.07, 6.45) is 2.96. The molecule has 2 amide bonds. The van der Waals surface area contributed by atoms with Crippen molar-refractivity contribution in [3.8, 4) is 5.75 Å². The van der Waals surface area contributed by atoms with Gasteiger partial charge in [0.2, 0.25) is 0 Å². The first kappa shape index (κ1) is 16.6. The van der Waals surface area contributed by atoms with Crippen LogP contribution in [0.2, 0.25) is 5.02 Å². The second-order valence-electron chi connectivity index (χ2n) is 4.53. The summed E-state index contributed by atoms with van der Waals surface area (Å²) in [5.74, 6) is -0.616. The SMILES string of the molecule is COc1ccc(Cl)cc1C(=O)NNC(=O)/C=C\c1ccccc1. The van der Waals surface area contributed by atoms with Crippen LogP contribution in [0.25, 0.3) is 6.08 Å². The number of hydrogen-bond acceptors (Lipinski definition) is 3. The number of hydrazine groups is 1. The Morgan fingerprint density at radius 1 is 1.09 bits per heavy atom. The molecule has 0 aliphatic heterocycles. The zero-order valence-electron chi connectivity index (χ0n) is 12.4. The fraction of sp³-hybridized carbons (Fsp3) is 0.0588. The minimum atomic E-state index is -0.522. The van der Waals surface area contributed by atoms with E-state index < -0.39 is 11.8 Å². The van der Waals surface area contributed by atoms with Gasteiger partial charge in [-0.2, -0.15) is 0 Å². The van der Waals surface area contributed by atoms with Gasteiger partial charge in [0.15, 0.2) is 0 Å². The highest BCUT2D eigenvalue weighted by Gasteiger charge is 2.13. The number of carbonyl (C=O) groups is 2. The van der Waals surface area contributed by atoms with E-state index in [4.69, 9.17) is 16.3 Å². The predicted molar refractivity (Wildman–Crippen MR) is 89.1 cm³/mol. The number of rotatable bonds is 4. The van der Waals surface area contributed by atoms with Gasteiger partial charge >= 0.3 is 0 Å². The van der Waals surface area contributed by atoms with E-state index in [1.807, 2.05) is 30.3 Å². The maximum atomic E-state index is 12.1. The molecule has 2 aromatic rings. The van der Waals surface area contributed by atoms with Gasteiger partial charge in [0.1, 0.15) is 5.75 Å². The lowest BCUT2D eigenvalue weighted by molar-refractivity contribution is -0.117. The third kappa shape index (κ3) is 4.86. The minimum Gasteiger partial charge on any atom is -0.496 e. The molecule has 23 heavy (non-hydrogen) atoms. The number of ether oxygens (including phenoxy) is 1. The maximum Gasteiger partial charge on any atom is 0.273 e. The molecule has 0 atom stereocenters. The Hall–Kier alpha value is -2.79. The summed E-state index contributed by atoms with van der Waals surface area (Å²) >= 11 is 5.86. The van der Waals surface area contributed by atoms with Crippen LogP contribution in [0.1, 0.15) is 15.9 Å². The van der Waals surface area contributed by atoms with Crippen molar-refractivity contribution in [2.45, 2.75) is 0 Å². The van der Waals surface area contributed by atoms with Crippen molar-refractivity contribution in [3.63, 3.8) is 0 Å². The van der Waals surface area contributed by atoms with Gasteiger partial charge in [-0.1, -0.05) is 41.9 Å². The largest absolute Gasteiger partial charge is 0.496 e. The molecule has 0 fully saturated rings. The number of carbonyl (C=O) groups excluding carboxylic acids is 2. The fourth-order valence-electron chi connectivity index (χ4n) is 1.82. The smallest absolute Gasteiger partial charge is 0.273 e. The monoisotopic (exact) mass is 330 g/mol. The molecule has 118 valence electrons. The number of hydrogen-bond donors (Lipinski definition) is 2.